The quantitative estimate of drug-likeness (QED) is 0.754. The predicted octanol–water partition coefficient (Wildman–Crippen LogP) is 3.83. The smallest absolute Gasteiger partial charge is 0.226 e. The lowest BCUT2D eigenvalue weighted by atomic mass is 9.78. The van der Waals surface area contributed by atoms with Gasteiger partial charge in [0, 0.05) is 17.7 Å². The van der Waals surface area contributed by atoms with Gasteiger partial charge in [-0.25, -0.2) is 9.07 Å². The number of carbonyl (C=O) groups is 1. The zero-order chi connectivity index (χ0) is 18.4. The molecule has 0 fully saturated rings. The number of Topliss-reactive ketones (excluding diaryl/α,β-unsaturated/α-hetero) is 1. The molecule has 0 spiro atoms. The zero-order valence-electron chi connectivity index (χ0n) is 14.5. The van der Waals surface area contributed by atoms with Crippen LogP contribution in [0.25, 0.3) is 0 Å². The van der Waals surface area contributed by atoms with Crippen LogP contribution in [0.15, 0.2) is 72.2 Å². The molecule has 1 N–H and O–H groups in total. The van der Waals surface area contributed by atoms with Crippen LogP contribution in [0.4, 0.5) is 10.3 Å². The average molecular weight is 360 g/mol. The molecule has 2 atom stereocenters. The maximum atomic E-state index is 13.3. The van der Waals surface area contributed by atoms with Crippen LogP contribution in [-0.2, 0) is 4.79 Å². The number of benzene rings is 2. The summed E-state index contributed by atoms with van der Waals surface area (Å²) in [5.41, 5.74) is 3.61. The largest absolute Gasteiger partial charge is 0.328 e. The van der Waals surface area contributed by atoms with Gasteiger partial charge in [0.1, 0.15) is 18.2 Å². The summed E-state index contributed by atoms with van der Waals surface area (Å²) in [6, 6.07) is 16.0. The highest BCUT2D eigenvalue weighted by Gasteiger charge is 2.39. The van der Waals surface area contributed by atoms with Gasteiger partial charge in [-0.15, -0.1) is 0 Å². The lowest BCUT2D eigenvalue weighted by Gasteiger charge is -2.35. The van der Waals surface area contributed by atoms with Crippen LogP contribution in [0.5, 0.6) is 0 Å². The third kappa shape index (κ3) is 2.65. The SMILES string of the molecule is O=C1C[C@H](c2ccc(F)cc2)CC2=C1[C@@H](c1ccccc1)n1ncnc1N2. The fourth-order valence-corrected chi connectivity index (χ4v) is 4.07. The average Bonchev–Trinajstić information content (AvgIpc) is 3.15. The molecule has 6 heteroatoms. The fraction of sp³-hybridized carbons (Fsp3) is 0.190. The Hall–Kier alpha value is -3.28. The summed E-state index contributed by atoms with van der Waals surface area (Å²) in [7, 11) is 0. The Morgan fingerprint density at radius 3 is 2.56 bits per heavy atom. The molecule has 0 unspecified atom stereocenters. The molecule has 27 heavy (non-hydrogen) atoms. The topological polar surface area (TPSA) is 59.8 Å². The Balaban J connectivity index is 1.58. The Bertz CT molecular complexity index is 1040. The number of hydrogen-bond donors (Lipinski definition) is 1. The first-order valence-corrected chi connectivity index (χ1v) is 8.94. The van der Waals surface area contributed by atoms with Crippen LogP contribution in [0.1, 0.15) is 35.9 Å². The monoisotopic (exact) mass is 360 g/mol. The maximum Gasteiger partial charge on any atom is 0.226 e. The number of allylic oxidation sites excluding steroid dienone is 2. The summed E-state index contributed by atoms with van der Waals surface area (Å²) in [6.45, 7) is 0. The second kappa shape index (κ2) is 6.16. The van der Waals surface area contributed by atoms with E-state index in [2.05, 4.69) is 15.4 Å². The Morgan fingerprint density at radius 2 is 1.78 bits per heavy atom. The van der Waals surface area contributed by atoms with Crippen molar-refractivity contribution >= 4 is 11.7 Å². The molecule has 5 rings (SSSR count). The van der Waals surface area contributed by atoms with Crippen LogP contribution in [0.3, 0.4) is 0 Å². The molecular weight excluding hydrogens is 343 g/mol. The number of aromatic nitrogens is 3. The molecule has 0 saturated carbocycles. The van der Waals surface area contributed by atoms with Crippen molar-refractivity contribution in [2.75, 3.05) is 5.32 Å². The van der Waals surface area contributed by atoms with Gasteiger partial charge in [0.05, 0.1) is 0 Å². The van der Waals surface area contributed by atoms with Crippen LogP contribution < -0.4 is 5.32 Å². The van der Waals surface area contributed by atoms with Crippen LogP contribution in [0, 0.1) is 5.82 Å². The summed E-state index contributed by atoms with van der Waals surface area (Å²) in [4.78, 5) is 17.5. The minimum absolute atomic E-state index is 0.0234. The lowest BCUT2D eigenvalue weighted by Crippen LogP contribution is -2.33. The maximum absolute atomic E-state index is 13.3. The molecule has 0 amide bonds. The summed E-state index contributed by atoms with van der Waals surface area (Å²) < 4.78 is 15.0. The molecule has 5 nitrogen and oxygen atoms in total. The van der Waals surface area contributed by atoms with Gasteiger partial charge in [0.15, 0.2) is 5.78 Å². The van der Waals surface area contributed by atoms with Crippen molar-refractivity contribution < 1.29 is 9.18 Å². The first-order chi connectivity index (χ1) is 13.2. The minimum Gasteiger partial charge on any atom is -0.328 e. The number of carbonyl (C=O) groups excluding carboxylic acids is 1. The summed E-state index contributed by atoms with van der Waals surface area (Å²) in [5.74, 6) is 0.479. The van der Waals surface area contributed by atoms with E-state index < -0.39 is 0 Å². The summed E-state index contributed by atoms with van der Waals surface area (Å²) in [6.07, 6.45) is 2.58. The molecule has 1 aliphatic heterocycles. The molecule has 2 heterocycles. The van der Waals surface area contributed by atoms with E-state index in [0.29, 0.717) is 18.8 Å². The number of ketones is 1. The van der Waals surface area contributed by atoms with Gasteiger partial charge in [-0.3, -0.25) is 4.79 Å². The fourth-order valence-electron chi connectivity index (χ4n) is 4.07. The number of halogens is 1. The molecular formula is C21H17FN4O. The van der Waals surface area contributed by atoms with E-state index in [1.807, 2.05) is 30.3 Å². The first kappa shape index (κ1) is 15.9. The highest BCUT2D eigenvalue weighted by atomic mass is 19.1. The second-order valence-corrected chi connectivity index (χ2v) is 6.94. The molecule has 1 aromatic heterocycles. The summed E-state index contributed by atoms with van der Waals surface area (Å²) >= 11 is 0. The second-order valence-electron chi connectivity index (χ2n) is 6.94. The van der Waals surface area contributed by atoms with Crippen molar-refractivity contribution in [1.29, 1.82) is 0 Å². The third-order valence-electron chi connectivity index (χ3n) is 5.32. The van der Waals surface area contributed by atoms with E-state index in [4.69, 9.17) is 0 Å². The Labute approximate surface area is 155 Å². The number of fused-ring (bicyclic) bond motifs is 1. The number of nitrogens with zero attached hydrogens (tertiary/aromatic N) is 3. The van der Waals surface area contributed by atoms with Crippen LogP contribution in [-0.4, -0.2) is 20.5 Å². The van der Waals surface area contributed by atoms with Crippen molar-refractivity contribution in [3.05, 3.63) is 89.1 Å². The molecule has 2 aliphatic rings. The Morgan fingerprint density at radius 1 is 1.00 bits per heavy atom. The van der Waals surface area contributed by atoms with E-state index in [0.717, 1.165) is 22.4 Å². The first-order valence-electron chi connectivity index (χ1n) is 8.94. The van der Waals surface area contributed by atoms with Gasteiger partial charge < -0.3 is 5.32 Å². The van der Waals surface area contributed by atoms with Gasteiger partial charge >= 0.3 is 0 Å². The number of nitrogens with one attached hydrogen (secondary N) is 1. The van der Waals surface area contributed by atoms with Crippen molar-refractivity contribution in [3.63, 3.8) is 0 Å². The van der Waals surface area contributed by atoms with Gasteiger partial charge in [-0.1, -0.05) is 42.5 Å². The molecule has 0 saturated heterocycles. The van der Waals surface area contributed by atoms with E-state index >= 15 is 0 Å². The van der Waals surface area contributed by atoms with E-state index in [1.54, 1.807) is 16.8 Å². The van der Waals surface area contributed by atoms with E-state index in [-0.39, 0.29) is 23.6 Å². The molecule has 134 valence electrons. The highest BCUT2D eigenvalue weighted by molar-refractivity contribution is 6.00. The summed E-state index contributed by atoms with van der Waals surface area (Å²) in [5, 5.41) is 7.64. The normalized spacial score (nSPS) is 21.4. The molecule has 1 aliphatic carbocycles. The standard InChI is InChI=1S/C21H17FN4O/c22-16-8-6-13(7-9-16)15-10-17-19(18(27)11-15)20(14-4-2-1-3-5-14)26-21(25-17)23-12-24-26/h1-9,12,15,20H,10-11H2,(H,23,24,25)/t15-,20-/m1/s1. The number of hydrogen-bond acceptors (Lipinski definition) is 4. The molecule has 3 aromatic rings. The van der Waals surface area contributed by atoms with Crippen LogP contribution >= 0.6 is 0 Å². The van der Waals surface area contributed by atoms with Crippen molar-refractivity contribution in [3.8, 4) is 0 Å². The Kier molecular flexibility index (Phi) is 3.63. The van der Waals surface area contributed by atoms with E-state index in [9.17, 15) is 9.18 Å². The molecule has 0 bridgehead atoms. The van der Waals surface area contributed by atoms with Gasteiger partial charge in [0.2, 0.25) is 5.95 Å². The third-order valence-corrected chi connectivity index (χ3v) is 5.32. The van der Waals surface area contributed by atoms with Crippen molar-refractivity contribution in [2.45, 2.75) is 24.8 Å². The predicted molar refractivity (Wildman–Crippen MR) is 98.6 cm³/mol. The van der Waals surface area contributed by atoms with Gasteiger partial charge in [-0.05, 0) is 35.6 Å². The van der Waals surface area contributed by atoms with E-state index in [1.165, 1.54) is 18.5 Å². The van der Waals surface area contributed by atoms with Crippen LogP contribution in [0.2, 0.25) is 0 Å². The van der Waals surface area contributed by atoms with Crippen molar-refractivity contribution in [2.24, 2.45) is 0 Å². The zero-order valence-corrected chi connectivity index (χ0v) is 14.5. The molecule has 0 radical (unpaired) electrons. The van der Waals surface area contributed by atoms with Gasteiger partial charge in [0.25, 0.3) is 0 Å². The lowest BCUT2D eigenvalue weighted by molar-refractivity contribution is -0.116. The number of rotatable bonds is 2. The molecule has 2 aromatic carbocycles. The van der Waals surface area contributed by atoms with Crippen molar-refractivity contribution in [1.82, 2.24) is 14.8 Å². The van der Waals surface area contributed by atoms with Gasteiger partial charge in [-0.2, -0.15) is 10.1 Å². The highest BCUT2D eigenvalue weighted by Crippen LogP contribution is 2.43. The minimum atomic E-state index is -0.276. The number of anilines is 1.